The molecule has 8 heteroatoms. The van der Waals surface area contributed by atoms with Gasteiger partial charge >= 0.3 is 5.97 Å². The van der Waals surface area contributed by atoms with Crippen LogP contribution in [0.15, 0.2) is 28.7 Å². The molecule has 1 saturated heterocycles. The van der Waals surface area contributed by atoms with E-state index in [2.05, 4.69) is 21.2 Å². The van der Waals surface area contributed by atoms with Gasteiger partial charge in [-0.15, -0.1) is 0 Å². The predicted octanol–water partition coefficient (Wildman–Crippen LogP) is 2.36. The molecule has 0 spiro atoms. The summed E-state index contributed by atoms with van der Waals surface area (Å²) in [4.78, 5) is 35.2. The second-order valence-electron chi connectivity index (χ2n) is 4.05. The van der Waals surface area contributed by atoms with Crippen LogP contribution in [0.5, 0.6) is 0 Å². The number of carbonyl (C=O) groups is 3. The van der Waals surface area contributed by atoms with Gasteiger partial charge in [-0.1, -0.05) is 15.9 Å². The Kier molecular flexibility index (Phi) is 4.66. The molecular weight excluding hydrogens is 348 g/mol. The maximum Gasteiger partial charge on any atom is 0.305 e. The largest absolute Gasteiger partial charge is 0.481 e. The molecule has 1 aliphatic rings. The van der Waals surface area contributed by atoms with Gasteiger partial charge in [-0.05, 0) is 36.0 Å². The zero-order valence-corrected chi connectivity index (χ0v) is 12.6. The summed E-state index contributed by atoms with van der Waals surface area (Å²) >= 11 is 4.16. The lowest BCUT2D eigenvalue weighted by Crippen LogP contribution is -2.35. The molecule has 2 amide bonds. The highest BCUT2D eigenvalue weighted by Gasteiger charge is 2.39. The summed E-state index contributed by atoms with van der Waals surface area (Å²) in [6.07, 6.45) is -0.247. The Morgan fingerprint density at radius 2 is 2.00 bits per heavy atom. The summed E-state index contributed by atoms with van der Waals surface area (Å²) in [5.41, 5.74) is 0.715. The van der Waals surface area contributed by atoms with Crippen LogP contribution in [0.3, 0.4) is 0 Å². The van der Waals surface area contributed by atoms with E-state index in [1.54, 1.807) is 12.1 Å². The lowest BCUT2D eigenvalue weighted by molar-refractivity contribution is -0.137. The average molecular weight is 359 g/mol. The Morgan fingerprint density at radius 1 is 1.35 bits per heavy atom. The Hall–Kier alpha value is -1.54. The molecule has 0 unspecified atom stereocenters. The number of nitrogens with one attached hydrogen (secondary N) is 1. The van der Waals surface area contributed by atoms with Crippen LogP contribution in [-0.4, -0.2) is 39.0 Å². The zero-order chi connectivity index (χ0) is 14.7. The van der Waals surface area contributed by atoms with E-state index in [0.717, 1.165) is 21.1 Å². The fourth-order valence-electron chi connectivity index (χ4n) is 1.64. The van der Waals surface area contributed by atoms with Crippen molar-refractivity contribution in [1.82, 2.24) is 4.90 Å². The topological polar surface area (TPSA) is 86.7 Å². The molecule has 1 fully saturated rings. The maximum atomic E-state index is 12.0. The highest BCUT2D eigenvalue weighted by atomic mass is 79.9. The third-order valence-corrected chi connectivity index (χ3v) is 4.13. The molecule has 1 aliphatic heterocycles. The molecule has 2 N–H and O–H groups in total. The molecule has 0 bridgehead atoms. The van der Waals surface area contributed by atoms with Crippen molar-refractivity contribution in [3.05, 3.63) is 28.7 Å². The number of nitrogens with zero attached hydrogens (tertiary/aromatic N) is 1. The number of aliphatic carboxylic acids is 1. The zero-order valence-electron chi connectivity index (χ0n) is 10.2. The van der Waals surface area contributed by atoms with Gasteiger partial charge in [-0.3, -0.25) is 19.3 Å². The first-order valence-corrected chi connectivity index (χ1v) is 7.40. The first-order chi connectivity index (χ1) is 9.47. The van der Waals surface area contributed by atoms with E-state index in [4.69, 9.17) is 5.11 Å². The number of carboxylic acids is 1. The van der Waals surface area contributed by atoms with Crippen LogP contribution in [0, 0.1) is 0 Å². The van der Waals surface area contributed by atoms with E-state index < -0.39 is 22.5 Å². The van der Waals surface area contributed by atoms with Crippen molar-refractivity contribution in [2.45, 2.75) is 11.8 Å². The van der Waals surface area contributed by atoms with E-state index in [1.807, 2.05) is 12.1 Å². The minimum absolute atomic E-state index is 0.0987. The van der Waals surface area contributed by atoms with Crippen LogP contribution in [0.1, 0.15) is 6.42 Å². The summed E-state index contributed by atoms with van der Waals surface area (Å²) in [5.74, 6) is -1.45. The monoisotopic (exact) mass is 358 g/mol. The van der Waals surface area contributed by atoms with Crippen LogP contribution in [0.4, 0.5) is 10.5 Å². The molecule has 0 aromatic heterocycles. The molecule has 6 nitrogen and oxygen atoms in total. The van der Waals surface area contributed by atoms with Gasteiger partial charge in [-0.2, -0.15) is 0 Å². The number of carbonyl (C=O) groups excluding carboxylic acids is 2. The third-order valence-electron chi connectivity index (χ3n) is 2.62. The number of thioether (sulfide) groups is 1. The Morgan fingerprint density at radius 3 is 2.60 bits per heavy atom. The summed E-state index contributed by atoms with van der Waals surface area (Å²) < 4.78 is 0.910. The van der Waals surface area contributed by atoms with Gasteiger partial charge in [0.25, 0.3) is 11.1 Å². The first-order valence-electron chi connectivity index (χ1n) is 5.73. The molecule has 1 aromatic rings. The lowest BCUT2D eigenvalue weighted by atomic mass is 10.3. The van der Waals surface area contributed by atoms with Crippen LogP contribution in [0.2, 0.25) is 0 Å². The highest BCUT2D eigenvalue weighted by Crippen LogP contribution is 2.28. The van der Waals surface area contributed by atoms with Gasteiger partial charge in [-0.25, -0.2) is 0 Å². The normalized spacial score (nSPS) is 18.4. The van der Waals surface area contributed by atoms with E-state index >= 15 is 0 Å². The quantitative estimate of drug-likeness (QED) is 0.839. The third kappa shape index (κ3) is 3.51. The fraction of sp³-hybridized carbons (Fsp3) is 0.250. The maximum absolute atomic E-state index is 12.0. The van der Waals surface area contributed by atoms with Crippen LogP contribution in [0.25, 0.3) is 0 Å². The van der Waals surface area contributed by atoms with Crippen LogP contribution < -0.4 is 5.32 Å². The van der Waals surface area contributed by atoms with Gasteiger partial charge in [0.15, 0.2) is 5.37 Å². The van der Waals surface area contributed by atoms with Gasteiger partial charge in [0.1, 0.15) is 0 Å². The number of amides is 2. The van der Waals surface area contributed by atoms with E-state index in [-0.39, 0.29) is 13.0 Å². The summed E-state index contributed by atoms with van der Waals surface area (Å²) in [6.45, 7) is -0.0987. The number of halogens is 1. The predicted molar refractivity (Wildman–Crippen MR) is 78.5 cm³/mol. The SMILES string of the molecule is O=C(O)CCN1C(=O)S[C@H](Nc2ccc(Br)cc2)C1=O. The highest BCUT2D eigenvalue weighted by molar-refractivity contribution is 9.10. The fourth-order valence-corrected chi connectivity index (χ4v) is 2.84. The molecule has 0 radical (unpaired) electrons. The first kappa shape index (κ1) is 14.9. The second-order valence-corrected chi connectivity index (χ2v) is 6.02. The van der Waals surface area contributed by atoms with Crippen molar-refractivity contribution in [3.63, 3.8) is 0 Å². The van der Waals surface area contributed by atoms with Gasteiger partial charge in [0.2, 0.25) is 0 Å². The molecular formula is C12H11BrN2O4S. The van der Waals surface area contributed by atoms with Crippen molar-refractivity contribution >= 4 is 50.5 Å². The Balaban J connectivity index is 2.00. The van der Waals surface area contributed by atoms with E-state index in [9.17, 15) is 14.4 Å². The van der Waals surface area contributed by atoms with Crippen molar-refractivity contribution in [2.75, 3.05) is 11.9 Å². The van der Waals surface area contributed by atoms with Crippen molar-refractivity contribution < 1.29 is 19.5 Å². The van der Waals surface area contributed by atoms with Crippen molar-refractivity contribution in [3.8, 4) is 0 Å². The number of rotatable bonds is 5. The van der Waals surface area contributed by atoms with Crippen LogP contribution >= 0.6 is 27.7 Å². The van der Waals surface area contributed by atoms with Gasteiger partial charge in [0, 0.05) is 16.7 Å². The molecule has 0 saturated carbocycles. The molecule has 106 valence electrons. The minimum Gasteiger partial charge on any atom is -0.481 e. The minimum atomic E-state index is -1.04. The van der Waals surface area contributed by atoms with Crippen LogP contribution in [-0.2, 0) is 9.59 Å². The van der Waals surface area contributed by atoms with Gasteiger partial charge < -0.3 is 10.4 Å². The van der Waals surface area contributed by atoms with E-state index in [0.29, 0.717) is 5.69 Å². The molecule has 20 heavy (non-hydrogen) atoms. The molecule has 1 atom stereocenters. The number of benzene rings is 1. The number of hydrogen-bond acceptors (Lipinski definition) is 5. The molecule has 0 aliphatic carbocycles. The molecule has 2 rings (SSSR count). The number of imide groups is 1. The Bertz CT molecular complexity index is 549. The summed E-state index contributed by atoms with van der Waals surface area (Å²) in [6, 6.07) is 7.19. The molecule has 1 aromatic carbocycles. The van der Waals surface area contributed by atoms with Gasteiger partial charge in [0.05, 0.1) is 6.42 Å². The lowest BCUT2D eigenvalue weighted by Gasteiger charge is -2.13. The average Bonchev–Trinajstić information content (AvgIpc) is 2.65. The smallest absolute Gasteiger partial charge is 0.305 e. The molecule has 1 heterocycles. The van der Waals surface area contributed by atoms with Crippen molar-refractivity contribution in [2.24, 2.45) is 0 Å². The summed E-state index contributed by atoms with van der Waals surface area (Å²) in [5, 5.41) is 10.4. The number of anilines is 1. The Labute approximate surface area is 127 Å². The van der Waals surface area contributed by atoms with Crippen molar-refractivity contribution in [1.29, 1.82) is 0 Å². The number of carboxylic acid groups (broad SMARTS) is 1. The van der Waals surface area contributed by atoms with E-state index in [1.165, 1.54) is 0 Å². The summed E-state index contributed by atoms with van der Waals surface area (Å²) in [7, 11) is 0. The second kappa shape index (κ2) is 6.27. The standard InChI is InChI=1S/C12H11BrN2O4S/c13-7-1-3-8(4-2-7)14-10-11(18)15(12(19)20-10)6-5-9(16)17/h1-4,10,14H,5-6H2,(H,16,17)/t10-/m0/s1. The number of hydrogen-bond donors (Lipinski definition) is 2.